The summed E-state index contributed by atoms with van der Waals surface area (Å²) in [7, 11) is 1.68. The van der Waals surface area contributed by atoms with E-state index in [2.05, 4.69) is 15.0 Å². The molecular weight excluding hydrogens is 271 g/mol. The highest BCUT2D eigenvalue weighted by Crippen LogP contribution is 2.05. The highest BCUT2D eigenvalue weighted by molar-refractivity contribution is 14.1. The molecule has 0 aliphatic heterocycles. The highest BCUT2D eigenvalue weighted by atomic mass is 127. The van der Waals surface area contributed by atoms with Crippen LogP contribution < -0.4 is 5.69 Å². The first kappa shape index (κ1) is 7.71. The Morgan fingerprint density at radius 1 is 1.67 bits per heavy atom. The molecule has 62 valence electrons. The zero-order valence-corrected chi connectivity index (χ0v) is 8.36. The van der Waals surface area contributed by atoms with E-state index in [1.54, 1.807) is 13.2 Å². The van der Waals surface area contributed by atoms with Crippen LogP contribution in [0.15, 0.2) is 11.0 Å². The van der Waals surface area contributed by atoms with Gasteiger partial charge in [-0.15, -0.1) is 0 Å². The molecule has 0 radical (unpaired) electrons. The summed E-state index contributed by atoms with van der Waals surface area (Å²) >= 11 is 2.00. The van der Waals surface area contributed by atoms with Crippen LogP contribution in [0.25, 0.3) is 11.2 Å². The van der Waals surface area contributed by atoms with Crippen molar-refractivity contribution in [2.75, 3.05) is 0 Å². The van der Waals surface area contributed by atoms with Crippen LogP contribution in [0.1, 0.15) is 0 Å². The quantitative estimate of drug-likeness (QED) is 0.554. The van der Waals surface area contributed by atoms with Crippen molar-refractivity contribution in [1.82, 2.24) is 19.5 Å². The number of nitrogens with zero attached hydrogens (tertiary/aromatic N) is 3. The number of H-pyrrole nitrogens is 1. The van der Waals surface area contributed by atoms with E-state index in [1.165, 1.54) is 4.57 Å². The number of hydrogen-bond donors (Lipinski definition) is 1. The average Bonchev–Trinajstić information content (AvgIpc) is 2.28. The minimum atomic E-state index is -0.165. The monoisotopic (exact) mass is 276 g/mol. The molecule has 6 heteroatoms. The predicted octanol–water partition coefficient (Wildman–Crippen LogP) is 0.261. The molecule has 2 heterocycles. The Morgan fingerprint density at radius 2 is 2.42 bits per heavy atom. The summed E-state index contributed by atoms with van der Waals surface area (Å²) < 4.78 is 2.10. The summed E-state index contributed by atoms with van der Waals surface area (Å²) in [4.78, 5) is 21.7. The van der Waals surface area contributed by atoms with Crippen molar-refractivity contribution in [3.8, 4) is 0 Å². The Hall–Kier alpha value is -0.920. The van der Waals surface area contributed by atoms with Gasteiger partial charge in [0.2, 0.25) is 0 Å². The molecule has 0 fully saturated rings. The lowest BCUT2D eigenvalue weighted by atomic mass is 10.5. The van der Waals surface area contributed by atoms with Gasteiger partial charge in [0.1, 0.15) is 5.52 Å². The third-order valence-electron chi connectivity index (χ3n) is 1.63. The molecule has 0 spiro atoms. The number of rotatable bonds is 0. The van der Waals surface area contributed by atoms with Crippen molar-refractivity contribution >= 4 is 33.8 Å². The molecule has 2 aromatic heterocycles. The first-order chi connectivity index (χ1) is 5.68. The molecule has 0 atom stereocenters. The minimum Gasteiger partial charge on any atom is -0.292 e. The summed E-state index contributed by atoms with van der Waals surface area (Å²) in [6.45, 7) is 0. The van der Waals surface area contributed by atoms with Gasteiger partial charge in [0, 0.05) is 29.6 Å². The third kappa shape index (κ3) is 1.02. The van der Waals surface area contributed by atoms with Crippen LogP contribution in [0.5, 0.6) is 0 Å². The van der Waals surface area contributed by atoms with Crippen LogP contribution in [0.4, 0.5) is 0 Å². The third-order valence-corrected chi connectivity index (χ3v) is 2.15. The number of aryl methyl sites for hydroxylation is 1. The summed E-state index contributed by atoms with van der Waals surface area (Å²) in [5.41, 5.74) is 1.14. The van der Waals surface area contributed by atoms with Crippen LogP contribution in [-0.2, 0) is 7.05 Å². The molecule has 0 aliphatic rings. The minimum absolute atomic E-state index is 0.165. The fourth-order valence-corrected chi connectivity index (χ4v) is 1.37. The Balaban J connectivity index is 2.96. The first-order valence-corrected chi connectivity index (χ1v) is 4.33. The SMILES string of the molecule is Cn1c(=O)[nH]c2nc(I)ncc21. The number of halogens is 1. The second-order valence-electron chi connectivity index (χ2n) is 2.36. The van der Waals surface area contributed by atoms with Gasteiger partial charge in [-0.3, -0.25) is 9.55 Å². The molecular formula is C6H5IN4O. The summed E-state index contributed by atoms with van der Waals surface area (Å²) in [5.74, 6) is 0. The number of aromatic amines is 1. The second-order valence-corrected chi connectivity index (χ2v) is 3.33. The molecule has 0 aromatic carbocycles. The first-order valence-electron chi connectivity index (χ1n) is 3.26. The number of imidazole rings is 1. The predicted molar refractivity (Wildman–Crippen MR) is 51.8 cm³/mol. The maximum Gasteiger partial charge on any atom is 0.327 e. The Bertz CT molecular complexity index is 486. The molecule has 2 rings (SSSR count). The van der Waals surface area contributed by atoms with E-state index in [0.717, 1.165) is 5.52 Å². The Kier molecular flexibility index (Phi) is 1.63. The maximum absolute atomic E-state index is 11.1. The Morgan fingerprint density at radius 3 is 3.17 bits per heavy atom. The van der Waals surface area contributed by atoms with Crippen molar-refractivity contribution in [3.05, 3.63) is 20.5 Å². The van der Waals surface area contributed by atoms with Crippen molar-refractivity contribution in [1.29, 1.82) is 0 Å². The van der Waals surface area contributed by atoms with Crippen LogP contribution in [0, 0.1) is 3.83 Å². The van der Waals surface area contributed by atoms with Crippen LogP contribution in [0.3, 0.4) is 0 Å². The van der Waals surface area contributed by atoms with E-state index in [9.17, 15) is 4.79 Å². The Labute approximate surface area is 81.0 Å². The van der Waals surface area contributed by atoms with Gasteiger partial charge in [-0.2, -0.15) is 0 Å². The zero-order valence-electron chi connectivity index (χ0n) is 6.21. The molecule has 0 saturated heterocycles. The van der Waals surface area contributed by atoms with Crippen molar-refractivity contribution in [3.63, 3.8) is 0 Å². The van der Waals surface area contributed by atoms with Gasteiger partial charge < -0.3 is 0 Å². The topological polar surface area (TPSA) is 63.6 Å². The number of fused-ring (bicyclic) bond motifs is 1. The second kappa shape index (κ2) is 2.54. The molecule has 1 N–H and O–H groups in total. The molecule has 0 aliphatic carbocycles. The number of aromatic nitrogens is 4. The van der Waals surface area contributed by atoms with E-state index in [4.69, 9.17) is 0 Å². The van der Waals surface area contributed by atoms with Crippen LogP contribution >= 0.6 is 22.6 Å². The van der Waals surface area contributed by atoms with Gasteiger partial charge in [-0.25, -0.2) is 14.8 Å². The molecule has 0 amide bonds. The largest absolute Gasteiger partial charge is 0.327 e. The summed E-state index contributed by atoms with van der Waals surface area (Å²) in [5, 5.41) is 0. The lowest BCUT2D eigenvalue weighted by Crippen LogP contribution is -2.11. The van der Waals surface area contributed by atoms with E-state index < -0.39 is 0 Å². The summed E-state index contributed by atoms with van der Waals surface area (Å²) in [6.07, 6.45) is 1.63. The van der Waals surface area contributed by atoms with Crippen molar-refractivity contribution in [2.45, 2.75) is 0 Å². The molecule has 0 unspecified atom stereocenters. The highest BCUT2D eigenvalue weighted by Gasteiger charge is 2.03. The molecule has 12 heavy (non-hydrogen) atoms. The molecule has 5 nitrogen and oxygen atoms in total. The van der Waals surface area contributed by atoms with Gasteiger partial charge in [0.15, 0.2) is 9.48 Å². The van der Waals surface area contributed by atoms with Crippen molar-refractivity contribution in [2.24, 2.45) is 7.05 Å². The van der Waals surface area contributed by atoms with Gasteiger partial charge in [0.05, 0.1) is 6.20 Å². The van der Waals surface area contributed by atoms with E-state index in [0.29, 0.717) is 9.48 Å². The van der Waals surface area contributed by atoms with Crippen LogP contribution in [-0.4, -0.2) is 19.5 Å². The molecule has 0 bridgehead atoms. The lowest BCUT2D eigenvalue weighted by Gasteiger charge is -1.91. The average molecular weight is 276 g/mol. The van der Waals surface area contributed by atoms with Gasteiger partial charge >= 0.3 is 5.69 Å². The lowest BCUT2D eigenvalue weighted by molar-refractivity contribution is 0.889. The smallest absolute Gasteiger partial charge is 0.292 e. The number of hydrogen-bond acceptors (Lipinski definition) is 3. The van der Waals surface area contributed by atoms with E-state index in [-0.39, 0.29) is 5.69 Å². The standard InChI is InChI=1S/C6H5IN4O/c1-11-3-2-8-5(7)9-4(3)10-6(11)12/h2H,1H3,(H,8,9,10,12). The van der Waals surface area contributed by atoms with Gasteiger partial charge in [-0.05, 0) is 0 Å². The zero-order chi connectivity index (χ0) is 8.72. The summed E-state index contributed by atoms with van der Waals surface area (Å²) in [6, 6.07) is 0. The van der Waals surface area contributed by atoms with Crippen molar-refractivity contribution < 1.29 is 0 Å². The number of nitrogens with one attached hydrogen (secondary N) is 1. The molecule has 2 aromatic rings. The van der Waals surface area contributed by atoms with E-state index in [1.807, 2.05) is 22.6 Å². The fourth-order valence-electron chi connectivity index (χ4n) is 0.986. The molecule has 0 saturated carbocycles. The van der Waals surface area contributed by atoms with E-state index >= 15 is 0 Å². The maximum atomic E-state index is 11.1. The van der Waals surface area contributed by atoms with Gasteiger partial charge in [-0.1, -0.05) is 0 Å². The normalized spacial score (nSPS) is 10.8. The fraction of sp³-hybridized carbons (Fsp3) is 0.167. The van der Waals surface area contributed by atoms with Gasteiger partial charge in [0.25, 0.3) is 0 Å². The van der Waals surface area contributed by atoms with Crippen LogP contribution in [0.2, 0.25) is 0 Å².